The second kappa shape index (κ2) is 8.68. The number of nitro benzene ring substituents is 3. The minimum absolute atomic E-state index is 0.000869. The Morgan fingerprint density at radius 3 is 2.06 bits per heavy atom. The van der Waals surface area contributed by atoms with Crippen molar-refractivity contribution < 1.29 is 27.9 Å². The lowest BCUT2D eigenvalue weighted by Gasteiger charge is -2.23. The van der Waals surface area contributed by atoms with Crippen LogP contribution in [0.2, 0.25) is 0 Å². The molecule has 1 atom stereocenters. The summed E-state index contributed by atoms with van der Waals surface area (Å²) in [7, 11) is -3.15. The first-order valence-corrected chi connectivity index (χ1v) is 11.4. The molecule has 1 fully saturated rings. The van der Waals surface area contributed by atoms with Crippen LogP contribution in [0.5, 0.6) is 5.75 Å². The third kappa shape index (κ3) is 4.09. The van der Waals surface area contributed by atoms with Crippen molar-refractivity contribution in [1.82, 2.24) is 4.31 Å². The molecule has 0 aromatic heterocycles. The first-order chi connectivity index (χ1) is 15.0. The molecule has 0 N–H and O–H groups in total. The average molecular weight is 484 g/mol. The van der Waals surface area contributed by atoms with E-state index >= 15 is 0 Å². The first kappa shape index (κ1) is 23.4. The molecule has 1 aliphatic rings. The lowest BCUT2D eigenvalue weighted by Crippen LogP contribution is -2.30. The van der Waals surface area contributed by atoms with Gasteiger partial charge in [-0.05, 0) is 18.6 Å². The van der Waals surface area contributed by atoms with E-state index in [1.165, 1.54) is 37.1 Å². The molecule has 0 saturated carbocycles. The van der Waals surface area contributed by atoms with Crippen LogP contribution in [0.4, 0.5) is 17.1 Å². The highest BCUT2D eigenvalue weighted by molar-refractivity contribution is 8.01. The number of methoxy groups -OCH3 is 1. The Labute approximate surface area is 185 Å². The van der Waals surface area contributed by atoms with Gasteiger partial charge in [-0.1, -0.05) is 6.07 Å². The maximum atomic E-state index is 13.3. The fourth-order valence-corrected chi connectivity index (χ4v) is 6.56. The van der Waals surface area contributed by atoms with Crippen molar-refractivity contribution >= 4 is 38.8 Å². The fraction of sp³-hybridized carbons (Fsp3) is 0.294. The molecule has 1 heterocycles. The van der Waals surface area contributed by atoms with Crippen LogP contribution in [-0.4, -0.2) is 46.9 Å². The maximum Gasteiger partial charge on any atom is 0.311 e. The quantitative estimate of drug-likeness (QED) is 0.419. The maximum absolute atomic E-state index is 13.3. The molecular formula is C17H16N4O9S2. The molecule has 2 aromatic carbocycles. The molecule has 32 heavy (non-hydrogen) atoms. The second-order valence-corrected chi connectivity index (χ2v) is 9.71. The van der Waals surface area contributed by atoms with Crippen LogP contribution in [0.25, 0.3) is 0 Å². The number of nitro groups is 3. The summed E-state index contributed by atoms with van der Waals surface area (Å²) in [5.41, 5.74) is -1.70. The smallest absolute Gasteiger partial charge is 0.311 e. The minimum Gasteiger partial charge on any atom is -0.490 e. The van der Waals surface area contributed by atoms with E-state index in [1.807, 2.05) is 0 Å². The summed E-state index contributed by atoms with van der Waals surface area (Å²) in [6.45, 7) is 1.17. The summed E-state index contributed by atoms with van der Waals surface area (Å²) in [6.07, 6.45) is 0. The van der Waals surface area contributed by atoms with E-state index in [0.717, 1.165) is 23.4 Å². The normalized spacial score (nSPS) is 16.6. The van der Waals surface area contributed by atoms with Crippen LogP contribution in [0.15, 0.2) is 35.2 Å². The Balaban J connectivity index is 2.11. The van der Waals surface area contributed by atoms with Crippen LogP contribution in [0.1, 0.15) is 16.5 Å². The summed E-state index contributed by atoms with van der Waals surface area (Å²) in [5.74, 6) is 0.348. The third-order valence-electron chi connectivity index (χ3n) is 4.86. The summed E-state index contributed by atoms with van der Waals surface area (Å²) in [4.78, 5) is 31.0. The van der Waals surface area contributed by atoms with E-state index in [1.54, 1.807) is 0 Å². The van der Waals surface area contributed by atoms with Gasteiger partial charge in [0, 0.05) is 30.5 Å². The van der Waals surface area contributed by atoms with Gasteiger partial charge in [-0.2, -0.15) is 4.31 Å². The number of nitrogens with zero attached hydrogens (tertiary/aromatic N) is 4. The second-order valence-electron chi connectivity index (χ2n) is 6.63. The van der Waals surface area contributed by atoms with E-state index in [4.69, 9.17) is 4.74 Å². The summed E-state index contributed by atoms with van der Waals surface area (Å²) < 4.78 is 32.6. The molecular weight excluding hydrogens is 468 g/mol. The number of hydrogen-bond acceptors (Lipinski definition) is 10. The van der Waals surface area contributed by atoms with Crippen molar-refractivity contribution in [3.63, 3.8) is 0 Å². The molecule has 1 aliphatic heterocycles. The van der Waals surface area contributed by atoms with E-state index in [2.05, 4.69) is 0 Å². The van der Waals surface area contributed by atoms with E-state index < -0.39 is 46.4 Å². The number of hydrogen-bond donors (Lipinski definition) is 0. The Hall–Kier alpha value is -3.30. The predicted molar refractivity (Wildman–Crippen MR) is 113 cm³/mol. The van der Waals surface area contributed by atoms with Crippen LogP contribution in [0, 0.1) is 37.3 Å². The van der Waals surface area contributed by atoms with Crippen LogP contribution in [-0.2, 0) is 10.0 Å². The van der Waals surface area contributed by atoms with Crippen LogP contribution < -0.4 is 4.74 Å². The lowest BCUT2D eigenvalue weighted by molar-refractivity contribution is -0.395. The molecule has 3 rings (SSSR count). The number of rotatable bonds is 7. The van der Waals surface area contributed by atoms with Gasteiger partial charge in [0.1, 0.15) is 5.56 Å². The van der Waals surface area contributed by atoms with Gasteiger partial charge in [0.2, 0.25) is 10.0 Å². The van der Waals surface area contributed by atoms with Crippen molar-refractivity contribution in [1.29, 1.82) is 0 Å². The van der Waals surface area contributed by atoms with Crippen molar-refractivity contribution in [3.8, 4) is 5.75 Å². The predicted octanol–water partition coefficient (Wildman–Crippen LogP) is 3.16. The average Bonchev–Trinajstić information content (AvgIpc) is 3.23. The molecule has 0 aliphatic carbocycles. The van der Waals surface area contributed by atoms with Gasteiger partial charge in [0.25, 0.3) is 11.4 Å². The zero-order valence-electron chi connectivity index (χ0n) is 16.7. The van der Waals surface area contributed by atoms with E-state index in [-0.39, 0.29) is 23.5 Å². The number of ether oxygens (including phenoxy) is 1. The lowest BCUT2D eigenvalue weighted by atomic mass is 10.1. The first-order valence-electron chi connectivity index (χ1n) is 8.88. The van der Waals surface area contributed by atoms with Gasteiger partial charge in [-0.3, -0.25) is 30.3 Å². The fourth-order valence-electron chi connectivity index (χ4n) is 3.29. The Kier molecular flexibility index (Phi) is 6.34. The van der Waals surface area contributed by atoms with Gasteiger partial charge >= 0.3 is 5.69 Å². The molecule has 1 unspecified atom stereocenters. The van der Waals surface area contributed by atoms with Crippen molar-refractivity contribution in [3.05, 3.63) is 71.8 Å². The van der Waals surface area contributed by atoms with Gasteiger partial charge in [0.05, 0.1) is 32.1 Å². The highest BCUT2D eigenvalue weighted by atomic mass is 32.2. The molecule has 0 radical (unpaired) electrons. The highest BCUT2D eigenvalue weighted by Crippen LogP contribution is 2.44. The summed E-state index contributed by atoms with van der Waals surface area (Å²) in [6, 6.07) is 5.60. The number of sulfonamides is 1. The molecule has 13 nitrogen and oxygen atoms in total. The monoisotopic (exact) mass is 484 g/mol. The molecule has 0 amide bonds. The summed E-state index contributed by atoms with van der Waals surface area (Å²) >= 11 is 1.20. The third-order valence-corrected chi connectivity index (χ3v) is 8.10. The SMILES string of the molecule is COc1ccc(C2SCCN2S(=O)(=O)c2cc([N+](=O)[O-])c(C)c([N+](=O)[O-])c2)cc1[N+](=O)[O-]. The standard InChI is InChI=1S/C17H16N4O9S2/c1-10-13(19(22)23)8-12(9-14(10)20(24)25)32(28,29)18-5-6-31-17(18)11-3-4-16(30-2)15(7-11)21(26)27/h3-4,7-9,17H,5-6H2,1-2H3. The Morgan fingerprint density at radius 1 is 1.00 bits per heavy atom. The molecule has 0 bridgehead atoms. The van der Waals surface area contributed by atoms with Crippen LogP contribution in [0.3, 0.4) is 0 Å². The molecule has 2 aromatic rings. The van der Waals surface area contributed by atoms with Crippen molar-refractivity contribution in [2.24, 2.45) is 0 Å². The van der Waals surface area contributed by atoms with Gasteiger partial charge < -0.3 is 4.74 Å². The number of benzene rings is 2. The zero-order chi connectivity index (χ0) is 23.8. The number of thioether (sulfide) groups is 1. The van der Waals surface area contributed by atoms with Crippen molar-refractivity contribution in [2.75, 3.05) is 19.4 Å². The van der Waals surface area contributed by atoms with E-state index in [9.17, 15) is 38.8 Å². The summed E-state index contributed by atoms with van der Waals surface area (Å²) in [5, 5.41) is 33.1. The molecule has 0 spiro atoms. The van der Waals surface area contributed by atoms with Gasteiger partial charge in [-0.15, -0.1) is 11.8 Å². The Morgan fingerprint density at radius 2 is 1.56 bits per heavy atom. The largest absolute Gasteiger partial charge is 0.490 e. The topological polar surface area (TPSA) is 176 Å². The Bertz CT molecular complexity index is 1200. The van der Waals surface area contributed by atoms with Gasteiger partial charge in [-0.25, -0.2) is 8.42 Å². The highest BCUT2D eigenvalue weighted by Gasteiger charge is 2.39. The van der Waals surface area contributed by atoms with Crippen molar-refractivity contribution in [2.45, 2.75) is 17.2 Å². The molecule has 1 saturated heterocycles. The zero-order valence-corrected chi connectivity index (χ0v) is 18.3. The van der Waals surface area contributed by atoms with Gasteiger partial charge in [0.15, 0.2) is 5.75 Å². The molecule has 170 valence electrons. The molecule has 15 heteroatoms. The minimum atomic E-state index is -4.41. The van der Waals surface area contributed by atoms with Crippen LogP contribution >= 0.6 is 11.8 Å². The van der Waals surface area contributed by atoms with E-state index in [0.29, 0.717) is 11.3 Å².